The predicted octanol–water partition coefficient (Wildman–Crippen LogP) is 1.61. The maximum atomic E-state index is 6.34. The third kappa shape index (κ3) is 3.36. The zero-order valence-electron chi connectivity index (χ0n) is 16.9. The third-order valence-electron chi connectivity index (χ3n) is 4.98. The van der Waals surface area contributed by atoms with Crippen LogP contribution in [0.15, 0.2) is 51.3 Å². The molecule has 0 N–H and O–H groups in total. The molecule has 2 heterocycles. The summed E-state index contributed by atoms with van der Waals surface area (Å²) < 4.78 is 11.6. The van der Waals surface area contributed by atoms with Crippen LogP contribution in [0.3, 0.4) is 0 Å². The van der Waals surface area contributed by atoms with Crippen LogP contribution in [0.25, 0.3) is 45.1 Å². The molecule has 6 nitrogen and oxygen atoms in total. The smallest absolute Gasteiger partial charge is 0.248 e. The van der Waals surface area contributed by atoms with Crippen molar-refractivity contribution in [3.8, 4) is 34.4 Å². The molecule has 3 aromatic carbocycles. The first-order valence-corrected chi connectivity index (χ1v) is 9.53. The maximum absolute atomic E-state index is 6.34. The lowest BCUT2D eigenvalue weighted by Crippen LogP contribution is -2.14. The summed E-state index contributed by atoms with van der Waals surface area (Å²) in [5, 5.41) is 17.8. The van der Waals surface area contributed by atoms with E-state index in [9.17, 15) is 0 Å². The fourth-order valence-corrected chi connectivity index (χ4v) is 3.70. The number of aryl methyl sites for hydroxylation is 2. The molecule has 0 amide bonds. The zero-order chi connectivity index (χ0) is 21.7. The van der Waals surface area contributed by atoms with Crippen molar-refractivity contribution >= 4 is 50.7 Å². The van der Waals surface area contributed by atoms with Gasteiger partial charge in [0.25, 0.3) is 0 Å². The Bertz CT molecular complexity index is 1440. The molecule has 0 aliphatic rings. The van der Waals surface area contributed by atoms with Crippen molar-refractivity contribution in [2.24, 2.45) is 0 Å². The van der Waals surface area contributed by atoms with Gasteiger partial charge in [-0.25, -0.2) is 0 Å². The normalized spacial score (nSPS) is 11.3. The first-order chi connectivity index (χ1) is 14.9. The van der Waals surface area contributed by atoms with Gasteiger partial charge in [-0.2, -0.15) is 0 Å². The Morgan fingerprint density at radius 3 is 1.81 bits per heavy atom. The van der Waals surface area contributed by atoms with E-state index in [1.165, 1.54) is 0 Å². The molecule has 142 valence electrons. The van der Waals surface area contributed by atoms with E-state index in [1.807, 2.05) is 31.2 Å². The topological polar surface area (TPSA) is 77.8 Å². The summed E-state index contributed by atoms with van der Waals surface area (Å²) in [5.74, 6) is 1.48. The molecule has 0 atom stereocenters. The predicted molar refractivity (Wildman–Crippen MR) is 122 cm³/mol. The van der Waals surface area contributed by atoms with E-state index in [4.69, 9.17) is 32.4 Å². The highest BCUT2D eigenvalue weighted by atomic mass is 16.4. The quantitative estimate of drug-likeness (QED) is 0.430. The summed E-state index contributed by atoms with van der Waals surface area (Å²) in [6, 6.07) is 12.7. The minimum absolute atomic E-state index is 0.311. The number of aromatic nitrogens is 4. The Balaban J connectivity index is 1.72. The van der Waals surface area contributed by atoms with Crippen LogP contribution in [0, 0.1) is 13.8 Å². The van der Waals surface area contributed by atoms with E-state index in [0.717, 1.165) is 11.1 Å². The molecular weight excluding hydrogens is 385 g/mol. The molecule has 0 bridgehead atoms. The van der Waals surface area contributed by atoms with Crippen LogP contribution in [-0.4, -0.2) is 43.9 Å². The van der Waals surface area contributed by atoms with E-state index in [2.05, 4.69) is 20.4 Å². The van der Waals surface area contributed by atoms with Gasteiger partial charge in [0.05, 0.1) is 0 Å². The number of fused-ring (bicyclic) bond motifs is 1. The number of benzene rings is 3. The van der Waals surface area contributed by atoms with Crippen LogP contribution in [0.4, 0.5) is 0 Å². The Labute approximate surface area is 182 Å². The molecule has 6 radical (unpaired) electrons. The number of hydrogen-bond acceptors (Lipinski definition) is 6. The van der Waals surface area contributed by atoms with E-state index in [1.54, 1.807) is 25.1 Å². The number of nitrogens with zero attached hydrogens (tertiary/aromatic N) is 4. The van der Waals surface area contributed by atoms with Crippen molar-refractivity contribution < 1.29 is 8.83 Å². The van der Waals surface area contributed by atoms with Crippen LogP contribution in [0.5, 0.6) is 0 Å². The molecule has 0 aliphatic heterocycles. The zero-order valence-corrected chi connectivity index (χ0v) is 16.9. The summed E-state index contributed by atoms with van der Waals surface area (Å²) in [5.41, 5.74) is 4.72. The van der Waals surface area contributed by atoms with Gasteiger partial charge in [-0.1, -0.05) is 46.2 Å². The molecule has 0 unspecified atom stereocenters. The van der Waals surface area contributed by atoms with E-state index >= 15 is 0 Å². The lowest BCUT2D eigenvalue weighted by atomic mass is 9.79. The molecular formula is C22H13B3N4O2. The highest BCUT2D eigenvalue weighted by Gasteiger charge is 2.19. The average Bonchev–Trinajstić information content (AvgIpc) is 3.38. The average molecular weight is 398 g/mol. The molecule has 0 saturated heterocycles. The van der Waals surface area contributed by atoms with E-state index < -0.39 is 0 Å². The molecule has 2 aromatic heterocycles. The summed E-state index contributed by atoms with van der Waals surface area (Å²) in [6.07, 6.45) is 0. The highest BCUT2D eigenvalue weighted by molar-refractivity contribution is 6.47. The van der Waals surface area contributed by atoms with E-state index in [-0.39, 0.29) is 0 Å². The van der Waals surface area contributed by atoms with Crippen LogP contribution in [0.1, 0.15) is 11.5 Å². The maximum Gasteiger partial charge on any atom is 0.248 e. The number of hydrogen-bond donors (Lipinski definition) is 0. The molecule has 31 heavy (non-hydrogen) atoms. The van der Waals surface area contributed by atoms with Gasteiger partial charge < -0.3 is 8.83 Å². The van der Waals surface area contributed by atoms with Crippen molar-refractivity contribution in [1.82, 2.24) is 20.4 Å². The molecule has 0 saturated carbocycles. The first-order valence-electron chi connectivity index (χ1n) is 9.53. The summed E-state index contributed by atoms with van der Waals surface area (Å²) in [4.78, 5) is 0. The fraction of sp³-hybridized carbons (Fsp3) is 0.0909. The second-order valence-corrected chi connectivity index (χ2v) is 7.33. The molecule has 5 aromatic rings. The van der Waals surface area contributed by atoms with Gasteiger partial charge >= 0.3 is 0 Å². The van der Waals surface area contributed by atoms with Crippen LogP contribution < -0.4 is 16.4 Å². The monoisotopic (exact) mass is 398 g/mol. The molecule has 9 heteroatoms. The molecule has 5 rings (SSSR count). The van der Waals surface area contributed by atoms with Gasteiger partial charge in [0, 0.05) is 23.6 Å². The minimum atomic E-state index is 0.311. The second kappa shape index (κ2) is 7.27. The second-order valence-electron chi connectivity index (χ2n) is 7.33. The van der Waals surface area contributed by atoms with Gasteiger partial charge in [0.2, 0.25) is 23.6 Å². The highest BCUT2D eigenvalue weighted by Crippen LogP contribution is 2.33. The van der Waals surface area contributed by atoms with Crippen molar-refractivity contribution in [3.05, 3.63) is 53.9 Å². The number of rotatable bonds is 3. The minimum Gasteiger partial charge on any atom is -0.421 e. The summed E-state index contributed by atoms with van der Waals surface area (Å²) >= 11 is 0. The standard InChI is InChI=1S/C22H13B3N4O2/c1-10-7-12(9-13(23)8-10)20-27-29-22(31-20)15-4-3-14(21-28-26-11(2)30-21)18-16(24)5-6-17(25)19(15)18/h3-9H,1-2H3. The van der Waals surface area contributed by atoms with Crippen molar-refractivity contribution in [2.75, 3.05) is 0 Å². The SMILES string of the molecule is [B]c1cc(C)cc(-c2nnc(-c3ccc(-c4nnc(C)o4)c4c([B])ccc([B])c34)o2)c1. The van der Waals surface area contributed by atoms with Gasteiger partial charge in [0.15, 0.2) is 0 Å². The fourth-order valence-electron chi connectivity index (χ4n) is 3.70. The van der Waals surface area contributed by atoms with Gasteiger partial charge in [-0.05, 0) is 35.9 Å². The Kier molecular flexibility index (Phi) is 4.54. The Morgan fingerprint density at radius 1 is 0.645 bits per heavy atom. The van der Waals surface area contributed by atoms with Crippen LogP contribution in [-0.2, 0) is 0 Å². The van der Waals surface area contributed by atoms with Gasteiger partial charge in [-0.15, -0.1) is 20.4 Å². The third-order valence-corrected chi connectivity index (χ3v) is 4.98. The van der Waals surface area contributed by atoms with E-state index in [0.29, 0.717) is 61.9 Å². The van der Waals surface area contributed by atoms with Gasteiger partial charge in [-0.3, -0.25) is 0 Å². The molecule has 0 spiro atoms. The van der Waals surface area contributed by atoms with Crippen molar-refractivity contribution in [1.29, 1.82) is 0 Å². The summed E-state index contributed by atoms with van der Waals surface area (Å²) in [7, 11) is 18.6. The molecule has 0 fully saturated rings. The molecule has 0 aliphatic carbocycles. The summed E-state index contributed by atoms with van der Waals surface area (Å²) in [6.45, 7) is 3.68. The van der Waals surface area contributed by atoms with Gasteiger partial charge in [0.1, 0.15) is 23.5 Å². The van der Waals surface area contributed by atoms with Crippen molar-refractivity contribution in [3.63, 3.8) is 0 Å². The van der Waals surface area contributed by atoms with Crippen LogP contribution >= 0.6 is 0 Å². The van der Waals surface area contributed by atoms with Crippen LogP contribution in [0.2, 0.25) is 0 Å². The Morgan fingerprint density at radius 2 is 1.23 bits per heavy atom. The Hall–Kier alpha value is -3.61. The van der Waals surface area contributed by atoms with Crippen molar-refractivity contribution in [2.45, 2.75) is 13.8 Å². The largest absolute Gasteiger partial charge is 0.421 e. The lowest BCUT2D eigenvalue weighted by molar-refractivity contribution is 0.533. The lowest BCUT2D eigenvalue weighted by Gasteiger charge is -2.13. The first kappa shape index (κ1) is 19.4.